The van der Waals surface area contributed by atoms with Crippen molar-refractivity contribution >= 4 is 17.5 Å². The monoisotopic (exact) mass is 374 g/mol. The fraction of sp³-hybridized carbons (Fsp3) is 0.333. The number of amides is 1. The van der Waals surface area contributed by atoms with Crippen LogP contribution in [0.2, 0.25) is 0 Å². The third-order valence-corrected chi connectivity index (χ3v) is 5.59. The van der Waals surface area contributed by atoms with E-state index >= 15 is 0 Å². The van der Waals surface area contributed by atoms with Crippen LogP contribution >= 0.6 is 0 Å². The molecule has 0 bridgehead atoms. The lowest BCUT2D eigenvalue weighted by molar-refractivity contribution is -0.116. The molecule has 28 heavy (non-hydrogen) atoms. The first-order valence-electron chi connectivity index (χ1n) is 9.74. The van der Waals surface area contributed by atoms with E-state index in [9.17, 15) is 4.79 Å². The fourth-order valence-electron chi connectivity index (χ4n) is 4.23. The van der Waals surface area contributed by atoms with Gasteiger partial charge < -0.3 is 10.2 Å². The van der Waals surface area contributed by atoms with Crippen LogP contribution in [0.3, 0.4) is 0 Å². The molecular formula is C21H22N6O. The van der Waals surface area contributed by atoms with E-state index in [-0.39, 0.29) is 11.8 Å². The Morgan fingerprint density at radius 3 is 2.43 bits per heavy atom. The molecule has 142 valence electrons. The van der Waals surface area contributed by atoms with Gasteiger partial charge in [0.25, 0.3) is 0 Å². The molecule has 3 aromatic rings. The van der Waals surface area contributed by atoms with E-state index in [1.807, 2.05) is 37.3 Å². The Hall–Kier alpha value is -3.22. The Kier molecular flexibility index (Phi) is 4.07. The number of benzene rings is 1. The number of aryl methyl sites for hydroxylation is 1. The minimum absolute atomic E-state index is 0.00414. The van der Waals surface area contributed by atoms with Crippen molar-refractivity contribution in [3.63, 3.8) is 0 Å². The summed E-state index contributed by atoms with van der Waals surface area (Å²) in [5.74, 6) is 2.19. The summed E-state index contributed by atoms with van der Waals surface area (Å²) in [7, 11) is 0. The zero-order chi connectivity index (χ0) is 19.1. The summed E-state index contributed by atoms with van der Waals surface area (Å²) in [6.07, 6.45) is 2.81. The van der Waals surface area contributed by atoms with Gasteiger partial charge in [-0.15, -0.1) is 10.2 Å². The van der Waals surface area contributed by atoms with Gasteiger partial charge in [-0.05, 0) is 37.5 Å². The molecule has 0 radical (unpaired) electrons. The smallest absolute Gasteiger partial charge is 0.226 e. The molecule has 1 N–H and O–H groups in total. The van der Waals surface area contributed by atoms with Crippen molar-refractivity contribution < 1.29 is 4.79 Å². The van der Waals surface area contributed by atoms with E-state index in [1.54, 1.807) is 4.68 Å². The summed E-state index contributed by atoms with van der Waals surface area (Å²) in [5.41, 5.74) is 3.07. The summed E-state index contributed by atoms with van der Waals surface area (Å²) < 4.78 is 1.71. The molecule has 0 spiro atoms. The average Bonchev–Trinajstić information content (AvgIpc) is 3.37. The van der Waals surface area contributed by atoms with Crippen LogP contribution in [0.4, 0.5) is 11.6 Å². The molecule has 5 rings (SSSR count). The van der Waals surface area contributed by atoms with Gasteiger partial charge in [-0.3, -0.25) is 4.79 Å². The first kappa shape index (κ1) is 16.9. The second-order valence-electron chi connectivity index (χ2n) is 7.42. The molecular weight excluding hydrogens is 352 g/mol. The lowest BCUT2D eigenvalue weighted by Crippen LogP contribution is -2.25. The number of nitrogens with one attached hydrogen (secondary N) is 1. The minimum atomic E-state index is -0.0100. The Morgan fingerprint density at radius 1 is 1.00 bits per heavy atom. The molecule has 2 aliphatic rings. The number of aromatic nitrogens is 4. The van der Waals surface area contributed by atoms with Gasteiger partial charge in [-0.1, -0.05) is 30.3 Å². The Morgan fingerprint density at radius 2 is 1.71 bits per heavy atom. The number of fused-ring (bicyclic) bond motifs is 1. The number of hydrogen-bond acceptors (Lipinski definition) is 5. The molecule has 1 aromatic carbocycles. The number of carbonyl (C=O) groups excluding carboxylic acids is 1. The second kappa shape index (κ2) is 6.74. The quantitative estimate of drug-likeness (QED) is 0.763. The molecule has 1 fully saturated rings. The van der Waals surface area contributed by atoms with E-state index in [4.69, 9.17) is 0 Å². The summed E-state index contributed by atoms with van der Waals surface area (Å²) in [6, 6.07) is 14.0. The molecule has 2 aromatic heterocycles. The third-order valence-electron chi connectivity index (χ3n) is 5.59. The lowest BCUT2D eigenvalue weighted by atomic mass is 9.86. The van der Waals surface area contributed by atoms with Crippen molar-refractivity contribution in [3.05, 3.63) is 59.3 Å². The van der Waals surface area contributed by atoms with Crippen LogP contribution in [0, 0.1) is 6.92 Å². The van der Waals surface area contributed by atoms with Crippen LogP contribution in [-0.2, 0) is 4.79 Å². The van der Waals surface area contributed by atoms with Gasteiger partial charge in [0.1, 0.15) is 5.82 Å². The van der Waals surface area contributed by atoms with Crippen molar-refractivity contribution in [1.82, 2.24) is 20.0 Å². The average molecular weight is 374 g/mol. The van der Waals surface area contributed by atoms with Crippen LogP contribution in [0.1, 0.15) is 42.0 Å². The van der Waals surface area contributed by atoms with Crippen LogP contribution < -0.4 is 10.2 Å². The van der Waals surface area contributed by atoms with Gasteiger partial charge in [-0.25, -0.2) is 0 Å². The molecule has 0 unspecified atom stereocenters. The van der Waals surface area contributed by atoms with Gasteiger partial charge in [0, 0.05) is 31.0 Å². The number of rotatable bonds is 3. The molecule has 0 saturated carbocycles. The largest absolute Gasteiger partial charge is 0.355 e. The summed E-state index contributed by atoms with van der Waals surface area (Å²) in [6.45, 7) is 4.03. The number of carbonyl (C=O) groups is 1. The van der Waals surface area contributed by atoms with Crippen LogP contribution in [-0.4, -0.2) is 39.0 Å². The van der Waals surface area contributed by atoms with Crippen molar-refractivity contribution in [2.24, 2.45) is 0 Å². The highest BCUT2D eigenvalue weighted by atomic mass is 16.1. The van der Waals surface area contributed by atoms with Gasteiger partial charge in [-0.2, -0.15) is 9.78 Å². The van der Waals surface area contributed by atoms with Crippen molar-refractivity contribution in [2.75, 3.05) is 23.3 Å². The summed E-state index contributed by atoms with van der Waals surface area (Å²) in [5, 5.41) is 16.5. The minimum Gasteiger partial charge on any atom is -0.355 e. The van der Waals surface area contributed by atoms with Crippen molar-refractivity contribution in [3.8, 4) is 5.82 Å². The van der Waals surface area contributed by atoms with Crippen LogP contribution in [0.5, 0.6) is 0 Å². The Labute approximate surface area is 163 Å². The first-order valence-corrected chi connectivity index (χ1v) is 9.74. The topological polar surface area (TPSA) is 75.9 Å². The van der Waals surface area contributed by atoms with Gasteiger partial charge >= 0.3 is 0 Å². The van der Waals surface area contributed by atoms with Crippen molar-refractivity contribution in [1.29, 1.82) is 0 Å². The highest BCUT2D eigenvalue weighted by molar-refractivity contribution is 5.95. The molecule has 2 aliphatic heterocycles. The molecule has 1 amide bonds. The van der Waals surface area contributed by atoms with Crippen LogP contribution in [0.15, 0.2) is 42.5 Å². The summed E-state index contributed by atoms with van der Waals surface area (Å²) in [4.78, 5) is 14.7. The zero-order valence-corrected chi connectivity index (χ0v) is 15.8. The van der Waals surface area contributed by atoms with Gasteiger partial charge in [0.2, 0.25) is 5.91 Å². The zero-order valence-electron chi connectivity index (χ0n) is 15.8. The third kappa shape index (κ3) is 2.83. The predicted octanol–water partition coefficient (Wildman–Crippen LogP) is 3.05. The Balaban J connectivity index is 1.55. The molecule has 1 atom stereocenters. The van der Waals surface area contributed by atoms with Crippen LogP contribution in [0.25, 0.3) is 5.82 Å². The van der Waals surface area contributed by atoms with E-state index in [2.05, 4.69) is 37.6 Å². The SMILES string of the molecule is Cc1nn(-c2ccc(N3CCCC3)nn2)c2c1[C@@H](c1ccccc1)CC(=O)N2. The molecule has 0 aliphatic carbocycles. The molecule has 4 heterocycles. The maximum atomic E-state index is 12.4. The first-order chi connectivity index (χ1) is 13.7. The number of nitrogens with zero attached hydrogens (tertiary/aromatic N) is 5. The normalized spacial score (nSPS) is 18.8. The molecule has 1 saturated heterocycles. The Bertz CT molecular complexity index is 1010. The van der Waals surface area contributed by atoms with E-state index in [0.29, 0.717) is 18.1 Å². The predicted molar refractivity (Wildman–Crippen MR) is 107 cm³/mol. The van der Waals surface area contributed by atoms with E-state index < -0.39 is 0 Å². The molecule has 7 heteroatoms. The standard InChI is InChI=1S/C21H22N6O/c1-14-20-16(15-7-3-2-4-8-15)13-19(28)22-21(20)27(25-14)18-10-9-17(23-24-18)26-11-5-6-12-26/h2-4,7-10,16H,5-6,11-13H2,1H3,(H,22,28)/t16-/m1/s1. The highest BCUT2D eigenvalue weighted by Crippen LogP contribution is 2.39. The maximum Gasteiger partial charge on any atom is 0.226 e. The summed E-state index contributed by atoms with van der Waals surface area (Å²) >= 11 is 0. The fourth-order valence-corrected chi connectivity index (χ4v) is 4.23. The van der Waals surface area contributed by atoms with Gasteiger partial charge in [0.15, 0.2) is 11.6 Å². The van der Waals surface area contributed by atoms with E-state index in [1.165, 1.54) is 12.8 Å². The maximum absolute atomic E-state index is 12.4. The highest BCUT2D eigenvalue weighted by Gasteiger charge is 2.32. The molecule has 7 nitrogen and oxygen atoms in total. The number of anilines is 2. The number of hydrogen-bond donors (Lipinski definition) is 1. The lowest BCUT2D eigenvalue weighted by Gasteiger charge is -2.24. The second-order valence-corrected chi connectivity index (χ2v) is 7.42. The van der Waals surface area contributed by atoms with E-state index in [0.717, 1.165) is 35.7 Å². The van der Waals surface area contributed by atoms with Gasteiger partial charge in [0.05, 0.1) is 5.69 Å². The van der Waals surface area contributed by atoms with Crippen molar-refractivity contribution in [2.45, 2.75) is 32.1 Å².